The molecule has 2 aliphatic heterocycles. The van der Waals surface area contributed by atoms with Crippen LogP contribution in [0.3, 0.4) is 0 Å². The first-order valence-corrected chi connectivity index (χ1v) is 19.0. The molecular formula is C39H56N6O10. The topological polar surface area (TPSA) is 203 Å². The number of likely N-dealkylation sites (tertiary alicyclic amines) is 1. The highest BCUT2D eigenvalue weighted by atomic mass is 16.6. The lowest BCUT2D eigenvalue weighted by atomic mass is 9.50. The Morgan fingerprint density at radius 1 is 1.18 bits per heavy atom. The maximum Gasteiger partial charge on any atom is 0.414 e. The van der Waals surface area contributed by atoms with Gasteiger partial charge < -0.3 is 49.8 Å². The Labute approximate surface area is 322 Å². The molecule has 4 aliphatic rings. The highest BCUT2D eigenvalue weighted by Crippen LogP contribution is 2.65. The van der Waals surface area contributed by atoms with Crippen molar-refractivity contribution in [1.29, 1.82) is 0 Å². The highest BCUT2D eigenvalue weighted by molar-refractivity contribution is 5.93. The van der Waals surface area contributed by atoms with E-state index < -0.39 is 58.7 Å². The minimum Gasteiger partial charge on any atom is -0.493 e. The molecule has 1 saturated heterocycles. The lowest BCUT2D eigenvalue weighted by Crippen LogP contribution is -2.74. The van der Waals surface area contributed by atoms with Gasteiger partial charge in [0.2, 0.25) is 11.8 Å². The number of aliphatic hydroxyl groups is 1. The number of ketones is 1. The van der Waals surface area contributed by atoms with E-state index in [-0.39, 0.29) is 44.3 Å². The van der Waals surface area contributed by atoms with Gasteiger partial charge in [0, 0.05) is 65.5 Å². The second-order valence-electron chi connectivity index (χ2n) is 15.1. The van der Waals surface area contributed by atoms with Crippen LogP contribution < -0.4 is 20.5 Å². The molecule has 6 atom stereocenters. The Morgan fingerprint density at radius 2 is 1.93 bits per heavy atom. The molecule has 0 radical (unpaired) electrons. The molecule has 302 valence electrons. The van der Waals surface area contributed by atoms with E-state index in [9.17, 15) is 29.1 Å². The number of benzene rings is 1. The summed E-state index contributed by atoms with van der Waals surface area (Å²) < 4.78 is 23.4. The van der Waals surface area contributed by atoms with E-state index in [1.807, 2.05) is 19.2 Å². The second-order valence-corrected chi connectivity index (χ2v) is 15.1. The Balaban J connectivity index is 1.36. The first-order valence-electron chi connectivity index (χ1n) is 19.0. The molecule has 1 aromatic carbocycles. The molecule has 2 unspecified atom stereocenters. The van der Waals surface area contributed by atoms with E-state index in [1.165, 1.54) is 25.9 Å². The summed E-state index contributed by atoms with van der Waals surface area (Å²) in [6.07, 6.45) is 3.21. The van der Waals surface area contributed by atoms with Crippen molar-refractivity contribution < 1.29 is 48.0 Å². The molecule has 0 saturated carbocycles. The van der Waals surface area contributed by atoms with Gasteiger partial charge in [-0.15, -0.1) is 0 Å². The van der Waals surface area contributed by atoms with E-state index in [4.69, 9.17) is 24.7 Å². The zero-order chi connectivity index (χ0) is 40.2. The van der Waals surface area contributed by atoms with Gasteiger partial charge >= 0.3 is 12.1 Å². The van der Waals surface area contributed by atoms with Crippen LogP contribution in [0.5, 0.6) is 11.5 Å². The first kappa shape index (κ1) is 41.5. The summed E-state index contributed by atoms with van der Waals surface area (Å²) in [5, 5.41) is 15.2. The Morgan fingerprint density at radius 3 is 2.60 bits per heavy atom. The second kappa shape index (κ2) is 17.0. The SMILES string of the molecule is CCOC(=O)CN(C)C(=O)[C@@H](CC(=O)[C@H](CCCCC(N)=NC)NC(C)=O)CN(C)C(=O)OC1=CCC2(O)[C@H]3Cc4ccc(OC)c5c4[C@@]2(CCN3C)C1O5. The number of likely N-dealkylation sites (N-methyl/N-ethyl adjacent to an activating group) is 2. The van der Waals surface area contributed by atoms with E-state index in [2.05, 4.69) is 15.2 Å². The zero-order valence-corrected chi connectivity index (χ0v) is 33.0. The van der Waals surface area contributed by atoms with E-state index in [1.54, 1.807) is 27.2 Å². The van der Waals surface area contributed by atoms with Crippen LogP contribution in [0.25, 0.3) is 0 Å². The van der Waals surface area contributed by atoms with E-state index >= 15 is 0 Å². The summed E-state index contributed by atoms with van der Waals surface area (Å²) in [7, 11) is 8.04. The Kier molecular flexibility index (Phi) is 12.8. The number of nitrogens with two attached hydrogens (primary N) is 1. The molecule has 5 rings (SSSR count). The lowest BCUT2D eigenvalue weighted by molar-refractivity contribution is -0.163. The lowest BCUT2D eigenvalue weighted by Gasteiger charge is -2.61. The maximum absolute atomic E-state index is 13.9. The first-order chi connectivity index (χ1) is 26.1. The molecule has 1 fully saturated rings. The van der Waals surface area contributed by atoms with Crippen molar-refractivity contribution in [2.45, 2.75) is 94.4 Å². The number of nitrogens with one attached hydrogen (secondary N) is 1. The molecule has 16 heteroatoms. The normalized spacial score (nSPS) is 24.7. The maximum atomic E-state index is 13.9. The number of amides is 3. The standard InChI is InChI=1S/C39H56N6O10/c1-8-53-32(48)22-44(5)36(49)25(19-27(47)26(42-23(2)46)11-9-10-12-31(40)41-3)21-45(6)37(50)54-29-15-16-39(51)30-20-24-13-14-28(52-7)34-33(24)38(39,35(29)55-34)17-18-43(30)4/h13-15,25-26,30,35,51H,8-12,16-22H2,1-7H3,(H2,40,41)(H,42,46)/t25-,26-,30+,35?,38-,39?/m0/s1. The number of nitrogens with zero attached hydrogens (tertiary/aromatic N) is 4. The van der Waals surface area contributed by atoms with Gasteiger partial charge in [0.25, 0.3) is 0 Å². The Hall–Kier alpha value is -4.70. The smallest absolute Gasteiger partial charge is 0.414 e. The average Bonchev–Trinajstić information content (AvgIpc) is 3.50. The van der Waals surface area contributed by atoms with Crippen LogP contribution in [0.2, 0.25) is 0 Å². The number of Topliss-reactive ketones (excluding diaryl/α,β-unsaturated/α-hetero) is 1. The number of rotatable bonds is 17. The number of hydrogen-bond acceptors (Lipinski definition) is 12. The summed E-state index contributed by atoms with van der Waals surface area (Å²) >= 11 is 0. The van der Waals surface area contributed by atoms with E-state index in [0.717, 1.165) is 16.0 Å². The van der Waals surface area contributed by atoms with Crippen LogP contribution in [-0.2, 0) is 40.5 Å². The predicted octanol–water partition coefficient (Wildman–Crippen LogP) is 1.69. The summed E-state index contributed by atoms with van der Waals surface area (Å²) in [6, 6.07) is 2.80. The molecule has 2 heterocycles. The third-order valence-corrected chi connectivity index (χ3v) is 11.6. The summed E-state index contributed by atoms with van der Waals surface area (Å²) in [5.41, 5.74) is 5.67. The third-order valence-electron chi connectivity index (χ3n) is 11.6. The molecule has 0 aromatic heterocycles. The molecule has 1 spiro atoms. The summed E-state index contributed by atoms with van der Waals surface area (Å²) in [4.78, 5) is 74.5. The van der Waals surface area contributed by atoms with Gasteiger partial charge in [0.05, 0.1) is 42.5 Å². The Bertz CT molecular complexity index is 1730. The summed E-state index contributed by atoms with van der Waals surface area (Å²) in [5.74, 6) is -1.30. The third kappa shape index (κ3) is 8.02. The molecule has 2 aliphatic carbocycles. The van der Waals surface area contributed by atoms with Gasteiger partial charge in [-0.2, -0.15) is 0 Å². The molecule has 16 nitrogen and oxygen atoms in total. The number of carbonyl (C=O) groups is 5. The van der Waals surface area contributed by atoms with Crippen LogP contribution in [0.1, 0.15) is 69.9 Å². The van der Waals surface area contributed by atoms with Crippen molar-refractivity contribution in [3.8, 4) is 11.5 Å². The summed E-state index contributed by atoms with van der Waals surface area (Å²) in [6.45, 7) is 3.18. The monoisotopic (exact) mass is 768 g/mol. The number of methoxy groups -OCH3 is 1. The van der Waals surface area contributed by atoms with Gasteiger partial charge in [-0.3, -0.25) is 24.2 Å². The quantitative estimate of drug-likeness (QED) is 0.0898. The minimum absolute atomic E-state index is 0.126. The highest BCUT2D eigenvalue weighted by Gasteiger charge is 2.72. The largest absolute Gasteiger partial charge is 0.493 e. The van der Waals surface area contributed by atoms with Crippen LogP contribution in [0.4, 0.5) is 4.79 Å². The van der Waals surface area contributed by atoms with Crippen molar-refractivity contribution in [3.05, 3.63) is 35.1 Å². The van der Waals surface area contributed by atoms with Crippen LogP contribution >= 0.6 is 0 Å². The molecular weight excluding hydrogens is 712 g/mol. The number of hydrogen-bond donors (Lipinski definition) is 3. The number of unbranched alkanes of at least 4 members (excludes halogenated alkanes) is 1. The zero-order valence-electron chi connectivity index (χ0n) is 33.0. The molecule has 2 bridgehead atoms. The number of piperidine rings is 1. The van der Waals surface area contributed by atoms with Crippen molar-refractivity contribution >= 4 is 35.5 Å². The van der Waals surface area contributed by atoms with Crippen molar-refractivity contribution in [2.75, 3.05) is 61.5 Å². The van der Waals surface area contributed by atoms with Gasteiger partial charge in [-0.1, -0.05) is 12.5 Å². The molecule has 1 aromatic rings. The van der Waals surface area contributed by atoms with Crippen LogP contribution in [0.15, 0.2) is 29.0 Å². The van der Waals surface area contributed by atoms with Gasteiger partial charge in [-0.05, 0) is 63.9 Å². The number of carbonyl (C=O) groups excluding carboxylic acids is 5. The predicted molar refractivity (Wildman–Crippen MR) is 202 cm³/mol. The number of aliphatic imine (C=N–C) groups is 1. The molecule has 4 N–H and O–H groups in total. The van der Waals surface area contributed by atoms with Crippen molar-refractivity contribution in [1.82, 2.24) is 20.0 Å². The van der Waals surface area contributed by atoms with Gasteiger partial charge in [0.1, 0.15) is 12.3 Å². The van der Waals surface area contributed by atoms with Gasteiger partial charge in [0.15, 0.2) is 23.4 Å². The van der Waals surface area contributed by atoms with Crippen molar-refractivity contribution in [3.63, 3.8) is 0 Å². The fourth-order valence-corrected chi connectivity index (χ4v) is 8.90. The minimum atomic E-state index is -1.20. The molecule has 55 heavy (non-hydrogen) atoms. The number of ether oxygens (including phenoxy) is 4. The van der Waals surface area contributed by atoms with Crippen molar-refractivity contribution in [2.24, 2.45) is 16.6 Å². The van der Waals surface area contributed by atoms with Crippen LogP contribution in [0, 0.1) is 5.92 Å². The number of esters is 1. The van der Waals surface area contributed by atoms with Gasteiger partial charge in [-0.25, -0.2) is 4.79 Å². The van der Waals surface area contributed by atoms with E-state index in [0.29, 0.717) is 62.4 Å². The fraction of sp³-hybridized carbons (Fsp3) is 0.641. The molecule has 3 amide bonds. The fourth-order valence-electron chi connectivity index (χ4n) is 8.90. The van der Waals surface area contributed by atoms with Crippen LogP contribution in [-0.4, -0.2) is 141 Å². The number of amidine groups is 1. The average molecular weight is 769 g/mol.